The van der Waals surface area contributed by atoms with Crippen molar-refractivity contribution in [2.75, 3.05) is 13.1 Å². The second-order valence-corrected chi connectivity index (χ2v) is 9.14. The van der Waals surface area contributed by atoms with Crippen molar-refractivity contribution in [2.24, 2.45) is 0 Å². The van der Waals surface area contributed by atoms with Crippen molar-refractivity contribution in [1.82, 2.24) is 4.67 Å². The zero-order chi connectivity index (χ0) is 11.9. The molecule has 1 fully saturated rings. The van der Waals surface area contributed by atoms with Gasteiger partial charge in [0.25, 0.3) is 0 Å². The maximum atomic E-state index is 10.5. The van der Waals surface area contributed by atoms with Gasteiger partial charge in [-0.1, -0.05) is 13.8 Å². The summed E-state index contributed by atoms with van der Waals surface area (Å²) in [6, 6.07) is 0. The van der Waals surface area contributed by atoms with Crippen LogP contribution in [0, 0.1) is 0 Å². The van der Waals surface area contributed by atoms with Gasteiger partial charge in [-0.05, 0) is 32.6 Å². The Labute approximate surface area is 97.9 Å². The Morgan fingerprint density at radius 2 is 1.80 bits per heavy atom. The molecule has 1 heterocycles. The van der Waals surface area contributed by atoms with Gasteiger partial charge in [-0.3, -0.25) is 4.67 Å². The monoisotopic (exact) mass is 251 g/mol. The van der Waals surface area contributed by atoms with Gasteiger partial charge in [-0.2, -0.15) is 0 Å². The van der Waals surface area contributed by atoms with E-state index in [1.54, 1.807) is 0 Å². The lowest BCUT2D eigenvalue weighted by Crippen LogP contribution is -2.31. The molecule has 1 aliphatic heterocycles. The number of aliphatic hydroxyl groups is 1. The number of rotatable bonds is 3. The van der Waals surface area contributed by atoms with Gasteiger partial charge in [0.05, 0.1) is 5.60 Å². The number of hydrogen-bond acceptors (Lipinski definition) is 3. The molecule has 0 spiro atoms. The van der Waals surface area contributed by atoms with Crippen LogP contribution >= 0.6 is 6.42 Å². The molecule has 0 unspecified atom stereocenters. The van der Waals surface area contributed by atoms with Gasteiger partial charge >= 0.3 is 0 Å². The van der Waals surface area contributed by atoms with E-state index < -0.39 is 11.8 Å². The van der Waals surface area contributed by atoms with Crippen LogP contribution in [-0.4, -0.2) is 33.8 Å². The van der Waals surface area contributed by atoms with Crippen molar-refractivity contribution < 1.29 is 9.63 Å². The van der Waals surface area contributed by atoms with Crippen molar-refractivity contribution in [3.63, 3.8) is 0 Å². The average Bonchev–Trinajstić information content (AvgIpc) is 2.18. The molecule has 0 aromatic rings. The number of hydrogen-bond donors (Lipinski definition) is 1. The molecule has 1 aliphatic rings. The Kier molecular flexibility index (Phi) is 3.70. The topological polar surface area (TPSA) is 32.7 Å². The first kappa shape index (κ1) is 13.6. The summed E-state index contributed by atoms with van der Waals surface area (Å²) in [6.07, 6.45) is -1.66. The summed E-state index contributed by atoms with van der Waals surface area (Å²) in [5.41, 5.74) is -0.304. The summed E-state index contributed by atoms with van der Waals surface area (Å²) in [4.78, 5) is 0. The van der Waals surface area contributed by atoms with E-state index in [2.05, 4.69) is 18.5 Å². The standard InChI is InChI=1S/C10H22NO2PS/c1-6-11(7-2)14(15)10(5,12)8-9(3,4)13-14/h12H,6-8H2,1-5H3/t10-,14+/m0/s1. The second-order valence-electron chi connectivity index (χ2n) is 4.90. The summed E-state index contributed by atoms with van der Waals surface area (Å²) in [5.74, 6) is 0. The molecule has 90 valence electrons. The Bertz CT molecular complexity index is 287. The van der Waals surface area contributed by atoms with E-state index in [-0.39, 0.29) is 5.60 Å². The summed E-state index contributed by atoms with van der Waals surface area (Å²) >= 11 is 5.64. The van der Waals surface area contributed by atoms with Gasteiger partial charge in [0.1, 0.15) is 5.34 Å². The Balaban J connectivity index is 3.07. The van der Waals surface area contributed by atoms with E-state index in [0.717, 1.165) is 13.1 Å². The van der Waals surface area contributed by atoms with Crippen molar-refractivity contribution in [2.45, 2.75) is 52.0 Å². The molecule has 0 aliphatic carbocycles. The summed E-state index contributed by atoms with van der Waals surface area (Å²) in [7, 11) is 0. The highest BCUT2D eigenvalue weighted by Crippen LogP contribution is 2.70. The normalized spacial score (nSPS) is 39.9. The third-order valence-electron chi connectivity index (χ3n) is 2.84. The first-order valence-electron chi connectivity index (χ1n) is 5.47. The molecule has 0 aromatic heterocycles. The average molecular weight is 251 g/mol. The predicted molar refractivity (Wildman–Crippen MR) is 67.6 cm³/mol. The van der Waals surface area contributed by atoms with E-state index in [1.165, 1.54) is 0 Å². The minimum atomic E-state index is -2.28. The van der Waals surface area contributed by atoms with Crippen LogP contribution < -0.4 is 0 Å². The second kappa shape index (κ2) is 4.08. The van der Waals surface area contributed by atoms with Crippen molar-refractivity contribution in [1.29, 1.82) is 0 Å². The molecule has 1 saturated heterocycles. The van der Waals surface area contributed by atoms with Gasteiger partial charge in [0.15, 0.2) is 6.42 Å². The van der Waals surface area contributed by atoms with Crippen LogP contribution in [0.3, 0.4) is 0 Å². The smallest absolute Gasteiger partial charge is 0.163 e. The molecular weight excluding hydrogens is 229 g/mol. The molecule has 0 amide bonds. The van der Waals surface area contributed by atoms with E-state index in [9.17, 15) is 5.11 Å². The highest BCUT2D eigenvalue weighted by Gasteiger charge is 2.55. The maximum Gasteiger partial charge on any atom is 0.163 e. The van der Waals surface area contributed by atoms with Crippen molar-refractivity contribution in [3.05, 3.63) is 0 Å². The van der Waals surface area contributed by atoms with Crippen LogP contribution in [0.5, 0.6) is 0 Å². The van der Waals surface area contributed by atoms with Crippen LogP contribution in [0.1, 0.15) is 41.0 Å². The third kappa shape index (κ3) is 2.29. The van der Waals surface area contributed by atoms with E-state index >= 15 is 0 Å². The fourth-order valence-corrected chi connectivity index (χ4v) is 6.80. The molecule has 0 radical (unpaired) electrons. The largest absolute Gasteiger partial charge is 0.381 e. The minimum absolute atomic E-state index is 0.304. The Hall–Kier alpha value is 0.530. The van der Waals surface area contributed by atoms with Gasteiger partial charge in [0, 0.05) is 19.5 Å². The molecule has 15 heavy (non-hydrogen) atoms. The zero-order valence-electron chi connectivity index (χ0n) is 10.3. The molecule has 5 heteroatoms. The van der Waals surface area contributed by atoms with Gasteiger partial charge < -0.3 is 9.63 Å². The van der Waals surface area contributed by atoms with Crippen LogP contribution in [0.25, 0.3) is 0 Å². The van der Waals surface area contributed by atoms with Crippen LogP contribution in [-0.2, 0) is 16.3 Å². The Morgan fingerprint density at radius 1 is 1.33 bits per heavy atom. The zero-order valence-corrected chi connectivity index (χ0v) is 12.0. The predicted octanol–water partition coefficient (Wildman–Crippen LogP) is 2.55. The fraction of sp³-hybridized carbons (Fsp3) is 1.00. The molecule has 0 aromatic carbocycles. The summed E-state index contributed by atoms with van der Waals surface area (Å²) < 4.78 is 8.11. The first-order valence-corrected chi connectivity index (χ1v) is 8.14. The van der Waals surface area contributed by atoms with Crippen LogP contribution in [0.15, 0.2) is 0 Å². The first-order chi connectivity index (χ1) is 6.68. The van der Waals surface area contributed by atoms with Gasteiger partial charge in [-0.15, -0.1) is 0 Å². The van der Waals surface area contributed by atoms with E-state index in [4.69, 9.17) is 16.3 Å². The van der Waals surface area contributed by atoms with Crippen molar-refractivity contribution >= 4 is 18.2 Å². The van der Waals surface area contributed by atoms with E-state index in [1.807, 2.05) is 20.8 Å². The molecular formula is C10H22NO2PS. The molecule has 2 atom stereocenters. The quantitative estimate of drug-likeness (QED) is 0.781. The Morgan fingerprint density at radius 3 is 2.07 bits per heavy atom. The fourth-order valence-electron chi connectivity index (χ4n) is 2.33. The van der Waals surface area contributed by atoms with Gasteiger partial charge in [0.2, 0.25) is 0 Å². The van der Waals surface area contributed by atoms with Gasteiger partial charge in [-0.25, -0.2) is 0 Å². The van der Waals surface area contributed by atoms with Crippen LogP contribution in [0.2, 0.25) is 0 Å². The lowest BCUT2D eigenvalue weighted by atomic mass is 10.0. The summed E-state index contributed by atoms with van der Waals surface area (Å²) in [5, 5.41) is 9.60. The molecule has 0 saturated carbocycles. The molecule has 0 bridgehead atoms. The van der Waals surface area contributed by atoms with Crippen LogP contribution in [0.4, 0.5) is 0 Å². The minimum Gasteiger partial charge on any atom is -0.381 e. The van der Waals surface area contributed by atoms with E-state index in [0.29, 0.717) is 6.42 Å². The molecule has 1 rings (SSSR count). The highest BCUT2D eigenvalue weighted by molar-refractivity contribution is 8.11. The lowest BCUT2D eigenvalue weighted by molar-refractivity contribution is 0.0932. The third-order valence-corrected chi connectivity index (χ3v) is 8.37. The highest BCUT2D eigenvalue weighted by atomic mass is 32.4. The number of nitrogens with zero attached hydrogens (tertiary/aromatic N) is 1. The van der Waals surface area contributed by atoms with Crippen molar-refractivity contribution in [3.8, 4) is 0 Å². The summed E-state index contributed by atoms with van der Waals surface area (Å²) in [6.45, 7) is 11.6. The molecule has 1 N–H and O–H groups in total. The molecule has 3 nitrogen and oxygen atoms in total. The SMILES string of the molecule is CCN(CC)[P@@]1(=S)OC(C)(C)C[C@@]1(C)O. The lowest BCUT2D eigenvalue weighted by Gasteiger charge is -2.37. The maximum absolute atomic E-state index is 10.5.